The molecule has 2 heteroatoms. The van der Waals surface area contributed by atoms with Gasteiger partial charge in [0.1, 0.15) is 0 Å². The van der Waals surface area contributed by atoms with Crippen LogP contribution in [-0.4, -0.2) is 19.0 Å². The number of benzene rings is 1. The first kappa shape index (κ1) is 12.7. The second-order valence-electron chi connectivity index (χ2n) is 4.99. The Bertz CT molecular complexity index is 383. The van der Waals surface area contributed by atoms with E-state index in [9.17, 15) is 0 Å². The molecule has 0 amide bonds. The van der Waals surface area contributed by atoms with Crippen molar-refractivity contribution in [2.45, 2.75) is 25.3 Å². The van der Waals surface area contributed by atoms with Gasteiger partial charge >= 0.3 is 0 Å². The van der Waals surface area contributed by atoms with Gasteiger partial charge in [-0.3, -0.25) is 0 Å². The van der Waals surface area contributed by atoms with Crippen molar-refractivity contribution < 1.29 is 0 Å². The van der Waals surface area contributed by atoms with Gasteiger partial charge in [0.25, 0.3) is 0 Å². The number of allylic oxidation sites excluding steroid dienone is 1. The van der Waals surface area contributed by atoms with Gasteiger partial charge in [-0.25, -0.2) is 0 Å². The highest BCUT2D eigenvalue weighted by atomic mass is 35.5. The third-order valence-corrected chi connectivity index (χ3v) is 3.77. The lowest BCUT2D eigenvalue weighted by Crippen LogP contribution is -2.27. The van der Waals surface area contributed by atoms with E-state index < -0.39 is 0 Å². The van der Waals surface area contributed by atoms with Crippen LogP contribution in [0.2, 0.25) is 0 Å². The molecule has 0 radical (unpaired) electrons. The summed E-state index contributed by atoms with van der Waals surface area (Å²) >= 11 is 6.19. The van der Waals surface area contributed by atoms with Gasteiger partial charge in [-0.1, -0.05) is 48.0 Å². The average Bonchev–Trinajstić information content (AvgIpc) is 2.30. The average molecular weight is 250 g/mol. The first-order chi connectivity index (χ1) is 8.18. The van der Waals surface area contributed by atoms with E-state index in [1.165, 1.54) is 18.4 Å². The quantitative estimate of drug-likeness (QED) is 0.776. The first-order valence-electron chi connectivity index (χ1n) is 6.26. The van der Waals surface area contributed by atoms with Crippen molar-refractivity contribution in [3.8, 4) is 0 Å². The van der Waals surface area contributed by atoms with Crippen LogP contribution in [0.15, 0.2) is 41.4 Å². The predicted molar refractivity (Wildman–Crippen MR) is 74.1 cm³/mol. The molecule has 0 saturated heterocycles. The van der Waals surface area contributed by atoms with Crippen molar-refractivity contribution in [3.63, 3.8) is 0 Å². The van der Waals surface area contributed by atoms with Crippen LogP contribution < -0.4 is 0 Å². The third-order valence-electron chi connectivity index (χ3n) is 3.45. The molecule has 0 bridgehead atoms. The van der Waals surface area contributed by atoms with E-state index in [4.69, 9.17) is 11.6 Å². The standard InChI is InChI=1S/C15H20ClN/c1-17(2)15(12-7-4-3-5-8-12)13-9-6-10-14(16)11-13/h3-5,7-8,11,13,15H,6,9-10H2,1-2H3. The Kier molecular flexibility index (Phi) is 4.25. The van der Waals surface area contributed by atoms with Crippen LogP contribution in [0, 0.1) is 5.92 Å². The van der Waals surface area contributed by atoms with Crippen LogP contribution >= 0.6 is 11.6 Å². The molecule has 0 spiro atoms. The van der Waals surface area contributed by atoms with Crippen LogP contribution in [0.5, 0.6) is 0 Å². The van der Waals surface area contributed by atoms with Crippen LogP contribution in [0.25, 0.3) is 0 Å². The topological polar surface area (TPSA) is 3.24 Å². The minimum atomic E-state index is 0.435. The van der Waals surface area contributed by atoms with Crippen molar-refractivity contribution in [1.29, 1.82) is 0 Å². The molecule has 1 aliphatic rings. The van der Waals surface area contributed by atoms with Gasteiger partial charge in [-0.15, -0.1) is 0 Å². The summed E-state index contributed by atoms with van der Waals surface area (Å²) in [6.45, 7) is 0. The van der Waals surface area contributed by atoms with Gasteiger partial charge in [0.05, 0.1) is 0 Å². The molecule has 0 saturated carbocycles. The summed E-state index contributed by atoms with van der Waals surface area (Å²) < 4.78 is 0. The number of nitrogens with zero attached hydrogens (tertiary/aromatic N) is 1. The van der Waals surface area contributed by atoms with E-state index in [-0.39, 0.29) is 0 Å². The van der Waals surface area contributed by atoms with E-state index in [0.29, 0.717) is 12.0 Å². The van der Waals surface area contributed by atoms with Crippen molar-refractivity contribution in [2.24, 2.45) is 5.92 Å². The Morgan fingerprint density at radius 3 is 2.53 bits per heavy atom. The SMILES string of the molecule is CN(C)C(c1ccccc1)C1C=C(Cl)CCC1. The molecule has 0 aromatic heterocycles. The summed E-state index contributed by atoms with van der Waals surface area (Å²) in [5.41, 5.74) is 1.38. The molecule has 1 aromatic carbocycles. The molecule has 17 heavy (non-hydrogen) atoms. The smallest absolute Gasteiger partial charge is 0.0405 e. The minimum Gasteiger partial charge on any atom is -0.302 e. The zero-order chi connectivity index (χ0) is 12.3. The largest absolute Gasteiger partial charge is 0.302 e. The molecule has 92 valence electrons. The number of hydrogen-bond acceptors (Lipinski definition) is 1. The highest BCUT2D eigenvalue weighted by molar-refractivity contribution is 6.29. The zero-order valence-corrected chi connectivity index (χ0v) is 11.3. The Labute approximate surface area is 109 Å². The van der Waals surface area contributed by atoms with Gasteiger partial charge in [0.2, 0.25) is 0 Å². The fourth-order valence-corrected chi connectivity index (χ4v) is 3.03. The molecule has 0 heterocycles. The summed E-state index contributed by atoms with van der Waals surface area (Å²) in [7, 11) is 4.29. The van der Waals surface area contributed by atoms with Gasteiger partial charge in [-0.2, -0.15) is 0 Å². The molecule has 1 aliphatic carbocycles. The van der Waals surface area contributed by atoms with Crippen molar-refractivity contribution in [2.75, 3.05) is 14.1 Å². The van der Waals surface area contributed by atoms with Gasteiger partial charge < -0.3 is 4.90 Å². The van der Waals surface area contributed by atoms with Crippen LogP contribution in [0.4, 0.5) is 0 Å². The van der Waals surface area contributed by atoms with Gasteiger partial charge in [0, 0.05) is 11.1 Å². The molecular weight excluding hydrogens is 230 g/mol. The van der Waals surface area contributed by atoms with E-state index in [1.807, 2.05) is 0 Å². The Hall–Kier alpha value is -0.790. The zero-order valence-electron chi connectivity index (χ0n) is 10.6. The van der Waals surface area contributed by atoms with Crippen LogP contribution in [-0.2, 0) is 0 Å². The maximum Gasteiger partial charge on any atom is 0.0405 e. The molecule has 1 nitrogen and oxygen atoms in total. The van der Waals surface area contributed by atoms with Crippen LogP contribution in [0.3, 0.4) is 0 Å². The Morgan fingerprint density at radius 2 is 1.94 bits per heavy atom. The van der Waals surface area contributed by atoms with E-state index in [1.54, 1.807) is 0 Å². The summed E-state index contributed by atoms with van der Waals surface area (Å²) in [6, 6.07) is 11.1. The first-order valence-corrected chi connectivity index (χ1v) is 6.64. The predicted octanol–water partition coefficient (Wildman–Crippen LogP) is 4.21. The van der Waals surface area contributed by atoms with Crippen molar-refractivity contribution in [3.05, 3.63) is 47.0 Å². The lowest BCUT2D eigenvalue weighted by Gasteiger charge is -2.33. The normalized spacial score (nSPS) is 22.4. The molecular formula is C15H20ClN. The fraction of sp³-hybridized carbons (Fsp3) is 0.467. The fourth-order valence-electron chi connectivity index (χ4n) is 2.73. The summed E-state index contributed by atoms with van der Waals surface area (Å²) in [5.74, 6) is 0.536. The Balaban J connectivity index is 2.27. The molecule has 2 unspecified atom stereocenters. The van der Waals surface area contributed by atoms with E-state index in [0.717, 1.165) is 11.5 Å². The van der Waals surface area contributed by atoms with Gasteiger partial charge in [0.15, 0.2) is 0 Å². The van der Waals surface area contributed by atoms with E-state index >= 15 is 0 Å². The number of rotatable bonds is 3. The molecule has 1 aromatic rings. The maximum absolute atomic E-state index is 6.19. The number of halogens is 1. The second kappa shape index (κ2) is 5.70. The summed E-state index contributed by atoms with van der Waals surface area (Å²) in [6.07, 6.45) is 5.74. The Morgan fingerprint density at radius 1 is 1.24 bits per heavy atom. The molecule has 0 fully saturated rings. The monoisotopic (exact) mass is 249 g/mol. The minimum absolute atomic E-state index is 0.435. The molecule has 2 atom stereocenters. The second-order valence-corrected chi connectivity index (χ2v) is 5.47. The highest BCUT2D eigenvalue weighted by Gasteiger charge is 2.25. The molecule has 2 rings (SSSR count). The lowest BCUT2D eigenvalue weighted by molar-refractivity contribution is 0.227. The van der Waals surface area contributed by atoms with Crippen molar-refractivity contribution >= 4 is 11.6 Å². The third kappa shape index (κ3) is 3.11. The molecule has 0 N–H and O–H groups in total. The maximum atomic E-state index is 6.19. The number of hydrogen-bond donors (Lipinski definition) is 0. The van der Waals surface area contributed by atoms with E-state index in [2.05, 4.69) is 55.4 Å². The summed E-state index contributed by atoms with van der Waals surface area (Å²) in [4.78, 5) is 2.30. The van der Waals surface area contributed by atoms with Gasteiger partial charge in [-0.05, 0) is 44.8 Å². The lowest BCUT2D eigenvalue weighted by atomic mass is 9.85. The summed E-state index contributed by atoms with van der Waals surface area (Å²) in [5, 5.41) is 1.03. The highest BCUT2D eigenvalue weighted by Crippen LogP contribution is 2.36. The molecule has 0 aliphatic heterocycles. The van der Waals surface area contributed by atoms with Crippen molar-refractivity contribution in [1.82, 2.24) is 4.90 Å². The van der Waals surface area contributed by atoms with Crippen LogP contribution in [0.1, 0.15) is 30.9 Å².